The predicted octanol–water partition coefficient (Wildman–Crippen LogP) is 13.2. The van der Waals surface area contributed by atoms with Crippen LogP contribution in [0, 0.1) is 0 Å². The van der Waals surface area contributed by atoms with Gasteiger partial charge in [-0.1, -0.05) is 215 Å². The molecular weight excluding hydrogens is 585 g/mol. The van der Waals surface area contributed by atoms with E-state index in [0.717, 1.165) is 25.7 Å². The molecule has 0 aromatic heterocycles. The van der Waals surface area contributed by atoms with Crippen molar-refractivity contribution in [3.63, 3.8) is 0 Å². The van der Waals surface area contributed by atoms with Gasteiger partial charge in [-0.2, -0.15) is 0 Å². The SMILES string of the molecule is CCCCCCCCCCCCCCCCCOC(=O)CSSCC(=O)OCCCCCCCCCCCCCCCCC. The number of unbranched alkanes of at least 4 members (excludes halogenated alkanes) is 28. The summed E-state index contributed by atoms with van der Waals surface area (Å²) in [6.45, 7) is 5.59. The Morgan fingerprint density at radius 2 is 0.545 bits per heavy atom. The summed E-state index contributed by atoms with van der Waals surface area (Å²) in [7, 11) is 2.77. The molecule has 0 saturated carbocycles. The lowest BCUT2D eigenvalue weighted by molar-refractivity contribution is -0.141. The van der Waals surface area contributed by atoms with Crippen LogP contribution in [0.4, 0.5) is 0 Å². The summed E-state index contributed by atoms with van der Waals surface area (Å²) in [6.07, 6.45) is 40.0. The van der Waals surface area contributed by atoms with Gasteiger partial charge in [-0.3, -0.25) is 9.59 Å². The van der Waals surface area contributed by atoms with Crippen molar-refractivity contribution in [2.45, 2.75) is 206 Å². The Morgan fingerprint density at radius 3 is 0.773 bits per heavy atom. The summed E-state index contributed by atoms with van der Waals surface area (Å²) >= 11 is 0. The predicted molar refractivity (Wildman–Crippen MR) is 197 cm³/mol. The third-order valence-electron chi connectivity index (χ3n) is 8.46. The second-order valence-electron chi connectivity index (χ2n) is 12.9. The van der Waals surface area contributed by atoms with Gasteiger partial charge in [0.05, 0.1) is 13.2 Å². The summed E-state index contributed by atoms with van der Waals surface area (Å²) in [5.74, 6) is 0.212. The largest absolute Gasteiger partial charge is 0.465 e. The lowest BCUT2D eigenvalue weighted by Gasteiger charge is -2.06. The number of hydrogen-bond donors (Lipinski definition) is 0. The third-order valence-corrected chi connectivity index (χ3v) is 10.5. The van der Waals surface area contributed by atoms with Gasteiger partial charge in [0.2, 0.25) is 0 Å². The van der Waals surface area contributed by atoms with E-state index in [1.807, 2.05) is 0 Å². The lowest BCUT2D eigenvalue weighted by Crippen LogP contribution is -2.10. The van der Waals surface area contributed by atoms with Crippen LogP contribution in [0.5, 0.6) is 0 Å². The van der Waals surface area contributed by atoms with E-state index in [1.165, 1.54) is 189 Å². The van der Waals surface area contributed by atoms with Gasteiger partial charge in [0.1, 0.15) is 11.5 Å². The summed E-state index contributed by atoms with van der Waals surface area (Å²) in [5.41, 5.74) is 0. The topological polar surface area (TPSA) is 52.6 Å². The molecule has 0 heterocycles. The van der Waals surface area contributed by atoms with E-state index in [0.29, 0.717) is 13.2 Å². The first-order chi connectivity index (χ1) is 21.7. The molecule has 0 atom stereocenters. The molecule has 0 rings (SSSR count). The molecule has 0 spiro atoms. The van der Waals surface area contributed by atoms with Crippen molar-refractivity contribution in [3.05, 3.63) is 0 Å². The van der Waals surface area contributed by atoms with Crippen LogP contribution >= 0.6 is 21.6 Å². The fraction of sp³-hybridized carbons (Fsp3) is 0.947. The molecule has 4 nitrogen and oxygen atoms in total. The molecule has 0 aromatic carbocycles. The van der Waals surface area contributed by atoms with Crippen molar-refractivity contribution in [1.29, 1.82) is 0 Å². The summed E-state index contributed by atoms with van der Waals surface area (Å²) in [5, 5.41) is 0. The first-order valence-corrected chi connectivity index (χ1v) is 21.7. The van der Waals surface area contributed by atoms with Crippen LogP contribution in [-0.4, -0.2) is 36.7 Å². The number of rotatable bonds is 37. The lowest BCUT2D eigenvalue weighted by atomic mass is 10.0. The van der Waals surface area contributed by atoms with Gasteiger partial charge in [0, 0.05) is 0 Å². The maximum atomic E-state index is 11.9. The van der Waals surface area contributed by atoms with E-state index in [-0.39, 0.29) is 23.4 Å². The highest BCUT2D eigenvalue weighted by atomic mass is 33.1. The van der Waals surface area contributed by atoms with Gasteiger partial charge in [0.25, 0.3) is 0 Å². The molecule has 0 N–H and O–H groups in total. The molecule has 0 amide bonds. The first-order valence-electron chi connectivity index (χ1n) is 19.3. The Balaban J connectivity index is 3.25. The molecule has 0 aromatic rings. The minimum absolute atomic E-state index is 0.181. The molecule has 0 aliphatic carbocycles. The normalized spacial score (nSPS) is 11.2. The highest BCUT2D eigenvalue weighted by molar-refractivity contribution is 8.77. The van der Waals surface area contributed by atoms with Crippen LogP contribution in [0.15, 0.2) is 0 Å². The second-order valence-corrected chi connectivity index (χ2v) is 15.3. The smallest absolute Gasteiger partial charge is 0.316 e. The van der Waals surface area contributed by atoms with E-state index in [9.17, 15) is 9.59 Å². The molecule has 0 aliphatic rings. The number of carbonyl (C=O) groups is 2. The monoisotopic (exact) mass is 659 g/mol. The van der Waals surface area contributed by atoms with Gasteiger partial charge in [-0.05, 0) is 12.8 Å². The molecule has 0 bridgehead atoms. The zero-order valence-corrected chi connectivity index (χ0v) is 31.1. The second kappa shape index (κ2) is 38.8. The van der Waals surface area contributed by atoms with Gasteiger partial charge < -0.3 is 9.47 Å². The summed E-state index contributed by atoms with van der Waals surface area (Å²) < 4.78 is 10.7. The quantitative estimate of drug-likeness (QED) is 0.0376. The maximum Gasteiger partial charge on any atom is 0.316 e. The molecule has 0 fully saturated rings. The van der Waals surface area contributed by atoms with Crippen LogP contribution in [0.25, 0.3) is 0 Å². The first kappa shape index (κ1) is 43.6. The Labute approximate surface area is 282 Å². The Hall–Kier alpha value is -0.360. The van der Waals surface area contributed by atoms with Gasteiger partial charge in [0.15, 0.2) is 0 Å². The van der Waals surface area contributed by atoms with E-state index < -0.39 is 0 Å². The van der Waals surface area contributed by atoms with Crippen molar-refractivity contribution >= 4 is 33.5 Å². The number of ether oxygens (including phenoxy) is 2. The van der Waals surface area contributed by atoms with Crippen LogP contribution in [0.3, 0.4) is 0 Å². The maximum absolute atomic E-state index is 11.9. The van der Waals surface area contributed by atoms with Crippen LogP contribution in [-0.2, 0) is 19.1 Å². The third kappa shape index (κ3) is 37.8. The van der Waals surface area contributed by atoms with Crippen molar-refractivity contribution in [2.24, 2.45) is 0 Å². The number of hydrogen-bond acceptors (Lipinski definition) is 6. The Kier molecular flexibility index (Phi) is 38.5. The Bertz CT molecular complexity index is 537. The highest BCUT2D eigenvalue weighted by Crippen LogP contribution is 2.21. The van der Waals surface area contributed by atoms with E-state index in [2.05, 4.69) is 13.8 Å². The van der Waals surface area contributed by atoms with E-state index in [4.69, 9.17) is 9.47 Å². The van der Waals surface area contributed by atoms with Crippen LogP contribution in [0.1, 0.15) is 206 Å². The summed E-state index contributed by atoms with van der Waals surface area (Å²) in [4.78, 5) is 23.8. The van der Waals surface area contributed by atoms with Crippen molar-refractivity contribution in [3.8, 4) is 0 Å². The molecular formula is C38H74O4S2. The van der Waals surface area contributed by atoms with Gasteiger partial charge >= 0.3 is 11.9 Å². The minimum atomic E-state index is -0.181. The van der Waals surface area contributed by atoms with Crippen molar-refractivity contribution in [1.82, 2.24) is 0 Å². The van der Waals surface area contributed by atoms with E-state index >= 15 is 0 Å². The van der Waals surface area contributed by atoms with Crippen LogP contribution < -0.4 is 0 Å². The van der Waals surface area contributed by atoms with Crippen molar-refractivity contribution in [2.75, 3.05) is 24.7 Å². The number of carbonyl (C=O) groups excluding carboxylic acids is 2. The zero-order chi connectivity index (χ0) is 32.0. The molecule has 0 radical (unpaired) electrons. The fourth-order valence-electron chi connectivity index (χ4n) is 5.58. The summed E-state index contributed by atoms with van der Waals surface area (Å²) in [6, 6.07) is 0. The Morgan fingerprint density at radius 1 is 0.341 bits per heavy atom. The molecule has 6 heteroatoms. The molecule has 0 aliphatic heterocycles. The van der Waals surface area contributed by atoms with Gasteiger partial charge in [-0.25, -0.2) is 0 Å². The average Bonchev–Trinajstić information content (AvgIpc) is 3.02. The molecule has 0 saturated heterocycles. The zero-order valence-electron chi connectivity index (χ0n) is 29.5. The average molecular weight is 659 g/mol. The number of esters is 2. The van der Waals surface area contributed by atoms with Gasteiger partial charge in [-0.15, -0.1) is 0 Å². The highest BCUT2D eigenvalue weighted by Gasteiger charge is 2.07. The standard InChI is InChI=1S/C38H74O4S2/c1-3-5-7-9-11-13-15-17-19-21-23-25-27-29-31-33-41-37(39)35-43-44-36-38(40)42-34-32-30-28-26-24-22-20-18-16-14-12-10-8-6-4-2/h3-36H2,1-2H3. The van der Waals surface area contributed by atoms with Crippen LogP contribution in [0.2, 0.25) is 0 Å². The van der Waals surface area contributed by atoms with E-state index in [1.54, 1.807) is 0 Å². The van der Waals surface area contributed by atoms with Crippen molar-refractivity contribution < 1.29 is 19.1 Å². The molecule has 0 unspecified atom stereocenters. The molecule has 44 heavy (non-hydrogen) atoms. The molecule has 262 valence electrons. The minimum Gasteiger partial charge on any atom is -0.465 e. The fourth-order valence-corrected chi connectivity index (χ4v) is 7.18.